The molecule has 0 saturated carbocycles. The number of nitrogens with zero attached hydrogens (tertiary/aromatic N) is 2. The maximum Gasteiger partial charge on any atom is 0.307 e. The van der Waals surface area contributed by atoms with Crippen LogP contribution in [0.1, 0.15) is 18.5 Å². The number of fused-ring (bicyclic) bond motifs is 1. The number of carbonyl (C=O) groups is 1. The van der Waals surface area contributed by atoms with Crippen molar-refractivity contribution in [3.63, 3.8) is 0 Å². The van der Waals surface area contributed by atoms with Gasteiger partial charge in [-0.1, -0.05) is 36.4 Å². The summed E-state index contributed by atoms with van der Waals surface area (Å²) in [4.78, 5) is 13.6. The van der Waals surface area contributed by atoms with Gasteiger partial charge in [-0.2, -0.15) is 0 Å². The Balaban J connectivity index is 1.71. The number of para-hydroxylation sites is 2. The van der Waals surface area contributed by atoms with Gasteiger partial charge < -0.3 is 9.67 Å². The Morgan fingerprint density at radius 3 is 2.64 bits per heavy atom. The lowest BCUT2D eigenvalue weighted by Crippen LogP contribution is -2.38. The van der Waals surface area contributed by atoms with Gasteiger partial charge in [0, 0.05) is 29.9 Å². The quantitative estimate of drug-likeness (QED) is 0.786. The van der Waals surface area contributed by atoms with Gasteiger partial charge in [0.2, 0.25) is 0 Å². The first-order chi connectivity index (χ1) is 12.2. The van der Waals surface area contributed by atoms with Crippen molar-refractivity contribution < 1.29 is 9.90 Å². The number of benzene rings is 2. The van der Waals surface area contributed by atoms with Gasteiger partial charge in [0.1, 0.15) is 0 Å². The van der Waals surface area contributed by atoms with Crippen LogP contribution in [0.15, 0.2) is 60.7 Å². The maximum atomic E-state index is 11.3. The number of piperidine rings is 1. The van der Waals surface area contributed by atoms with Crippen LogP contribution in [-0.4, -0.2) is 33.6 Å². The molecular formula is C21H22N2O2. The zero-order valence-electron chi connectivity index (χ0n) is 14.1. The number of aliphatic carboxylic acids is 1. The van der Waals surface area contributed by atoms with E-state index in [9.17, 15) is 9.90 Å². The third-order valence-corrected chi connectivity index (χ3v) is 5.04. The summed E-state index contributed by atoms with van der Waals surface area (Å²) in [6, 6.07) is 21.0. The van der Waals surface area contributed by atoms with E-state index in [0.29, 0.717) is 6.54 Å². The Kier molecular flexibility index (Phi) is 4.28. The van der Waals surface area contributed by atoms with E-state index >= 15 is 0 Å². The third kappa shape index (κ3) is 3.17. The first-order valence-corrected chi connectivity index (χ1v) is 8.82. The minimum atomic E-state index is -0.673. The van der Waals surface area contributed by atoms with Crippen LogP contribution in [0.2, 0.25) is 0 Å². The average molecular weight is 334 g/mol. The van der Waals surface area contributed by atoms with Crippen LogP contribution in [0.3, 0.4) is 0 Å². The predicted molar refractivity (Wildman–Crippen MR) is 98.9 cm³/mol. The second-order valence-corrected chi connectivity index (χ2v) is 6.78. The molecule has 2 heterocycles. The first-order valence-electron chi connectivity index (χ1n) is 8.82. The SMILES string of the molecule is O=C(O)C1CCCN(Cc2cc3ccccc3n2-c2ccccc2)C1. The second kappa shape index (κ2) is 6.73. The van der Waals surface area contributed by atoms with Crippen molar-refractivity contribution in [1.82, 2.24) is 9.47 Å². The number of rotatable bonds is 4. The largest absolute Gasteiger partial charge is 0.481 e. The molecule has 2 aromatic carbocycles. The van der Waals surface area contributed by atoms with Gasteiger partial charge in [0.25, 0.3) is 0 Å². The lowest BCUT2D eigenvalue weighted by molar-refractivity contribution is -0.143. The van der Waals surface area contributed by atoms with E-state index in [1.807, 2.05) is 6.07 Å². The molecule has 1 atom stereocenters. The predicted octanol–water partition coefficient (Wildman–Crippen LogP) is 3.93. The lowest BCUT2D eigenvalue weighted by atomic mass is 9.98. The van der Waals surface area contributed by atoms with E-state index < -0.39 is 5.97 Å². The summed E-state index contributed by atoms with van der Waals surface area (Å²) in [6.45, 7) is 2.36. The molecule has 0 bridgehead atoms. The zero-order valence-corrected chi connectivity index (χ0v) is 14.1. The molecule has 1 aliphatic rings. The van der Waals surface area contributed by atoms with E-state index in [-0.39, 0.29) is 5.92 Å². The van der Waals surface area contributed by atoms with Crippen molar-refractivity contribution in [1.29, 1.82) is 0 Å². The summed E-state index contributed by atoms with van der Waals surface area (Å²) in [7, 11) is 0. The van der Waals surface area contributed by atoms with Crippen molar-refractivity contribution in [3.05, 3.63) is 66.4 Å². The maximum absolute atomic E-state index is 11.3. The van der Waals surface area contributed by atoms with Gasteiger partial charge >= 0.3 is 5.97 Å². The van der Waals surface area contributed by atoms with Gasteiger partial charge in [-0.25, -0.2) is 0 Å². The molecule has 1 unspecified atom stereocenters. The highest BCUT2D eigenvalue weighted by Crippen LogP contribution is 2.27. The van der Waals surface area contributed by atoms with Crippen LogP contribution >= 0.6 is 0 Å². The highest BCUT2D eigenvalue weighted by molar-refractivity contribution is 5.83. The van der Waals surface area contributed by atoms with Gasteiger partial charge in [0.05, 0.1) is 11.4 Å². The van der Waals surface area contributed by atoms with E-state index in [1.165, 1.54) is 16.6 Å². The molecule has 4 heteroatoms. The average Bonchev–Trinajstić information content (AvgIpc) is 3.00. The van der Waals surface area contributed by atoms with Gasteiger partial charge in [-0.15, -0.1) is 0 Å². The number of carboxylic acid groups (broad SMARTS) is 1. The highest BCUT2D eigenvalue weighted by Gasteiger charge is 2.26. The van der Waals surface area contributed by atoms with Crippen LogP contribution in [0.25, 0.3) is 16.6 Å². The van der Waals surface area contributed by atoms with Gasteiger partial charge in [0.15, 0.2) is 0 Å². The van der Waals surface area contributed by atoms with Crippen LogP contribution in [0.5, 0.6) is 0 Å². The molecule has 1 aromatic heterocycles. The fourth-order valence-corrected chi connectivity index (χ4v) is 3.84. The smallest absolute Gasteiger partial charge is 0.307 e. The van der Waals surface area contributed by atoms with E-state index in [2.05, 4.69) is 64.1 Å². The molecule has 1 N–H and O–H groups in total. The van der Waals surface area contributed by atoms with Crippen molar-refractivity contribution in [2.24, 2.45) is 5.92 Å². The fourth-order valence-electron chi connectivity index (χ4n) is 3.84. The Labute approximate surface area is 147 Å². The zero-order chi connectivity index (χ0) is 17.2. The molecule has 0 amide bonds. The normalized spacial score (nSPS) is 18.5. The van der Waals surface area contributed by atoms with Crippen molar-refractivity contribution in [2.75, 3.05) is 13.1 Å². The van der Waals surface area contributed by atoms with E-state index in [1.54, 1.807) is 0 Å². The number of hydrogen-bond acceptors (Lipinski definition) is 2. The van der Waals surface area contributed by atoms with Crippen LogP contribution in [0.4, 0.5) is 0 Å². The molecule has 4 rings (SSSR count). The Bertz CT molecular complexity index is 885. The van der Waals surface area contributed by atoms with Crippen LogP contribution in [0, 0.1) is 5.92 Å². The number of hydrogen-bond donors (Lipinski definition) is 1. The molecule has 1 saturated heterocycles. The summed E-state index contributed by atoms with van der Waals surface area (Å²) >= 11 is 0. The van der Waals surface area contributed by atoms with Crippen LogP contribution < -0.4 is 0 Å². The molecule has 0 radical (unpaired) electrons. The van der Waals surface area contributed by atoms with Crippen LogP contribution in [-0.2, 0) is 11.3 Å². The topological polar surface area (TPSA) is 45.5 Å². The summed E-state index contributed by atoms with van der Waals surface area (Å²) in [5.41, 5.74) is 3.54. The fraction of sp³-hybridized carbons (Fsp3) is 0.286. The van der Waals surface area contributed by atoms with Crippen molar-refractivity contribution in [3.8, 4) is 5.69 Å². The Morgan fingerprint density at radius 2 is 1.84 bits per heavy atom. The first kappa shape index (κ1) is 15.9. The van der Waals surface area contributed by atoms with Crippen molar-refractivity contribution in [2.45, 2.75) is 19.4 Å². The number of aromatic nitrogens is 1. The molecule has 25 heavy (non-hydrogen) atoms. The molecule has 1 fully saturated rings. The van der Waals surface area contributed by atoms with E-state index in [0.717, 1.165) is 31.6 Å². The standard InChI is InChI=1S/C21H22N2O2/c24-21(25)17-8-6-12-22(14-17)15-19-13-16-7-4-5-11-20(16)23(19)18-9-2-1-3-10-18/h1-5,7,9-11,13,17H,6,8,12,14-15H2,(H,24,25). The molecule has 4 nitrogen and oxygen atoms in total. The highest BCUT2D eigenvalue weighted by atomic mass is 16.4. The molecule has 0 aliphatic carbocycles. The molecule has 3 aromatic rings. The number of carboxylic acids is 1. The third-order valence-electron chi connectivity index (χ3n) is 5.04. The lowest BCUT2D eigenvalue weighted by Gasteiger charge is -2.30. The summed E-state index contributed by atoms with van der Waals surface area (Å²) in [5.74, 6) is -0.920. The summed E-state index contributed by atoms with van der Waals surface area (Å²) in [6.07, 6.45) is 1.73. The minimum Gasteiger partial charge on any atom is -0.481 e. The Hall–Kier alpha value is -2.59. The van der Waals surface area contributed by atoms with E-state index in [4.69, 9.17) is 0 Å². The molecular weight excluding hydrogens is 312 g/mol. The van der Waals surface area contributed by atoms with Gasteiger partial charge in [-0.3, -0.25) is 9.69 Å². The number of likely N-dealkylation sites (tertiary alicyclic amines) is 1. The summed E-state index contributed by atoms with van der Waals surface area (Å²) < 4.78 is 2.29. The summed E-state index contributed by atoms with van der Waals surface area (Å²) in [5, 5.41) is 10.6. The van der Waals surface area contributed by atoms with Crippen molar-refractivity contribution >= 4 is 16.9 Å². The molecule has 0 spiro atoms. The minimum absolute atomic E-state index is 0.247. The molecule has 1 aliphatic heterocycles. The molecule has 128 valence electrons. The Morgan fingerprint density at radius 1 is 1.08 bits per heavy atom. The second-order valence-electron chi connectivity index (χ2n) is 6.78. The van der Waals surface area contributed by atoms with Gasteiger partial charge in [-0.05, 0) is 43.7 Å². The monoisotopic (exact) mass is 334 g/mol.